The maximum absolute atomic E-state index is 14.0. The van der Waals surface area contributed by atoms with Crippen LogP contribution in [0.4, 0.5) is 14.9 Å². The highest BCUT2D eigenvalue weighted by atomic mass is 19.1. The number of hydrogen-bond donors (Lipinski definition) is 1. The van der Waals surface area contributed by atoms with Gasteiger partial charge in [0, 0.05) is 43.3 Å². The van der Waals surface area contributed by atoms with Gasteiger partial charge in [-0.25, -0.2) is 9.18 Å². The molecule has 0 aromatic heterocycles. The van der Waals surface area contributed by atoms with Gasteiger partial charge in [-0.2, -0.15) is 0 Å². The number of Topliss-reactive ketones (excluding diaryl/α,β-unsaturated/α-hetero) is 1. The molecule has 2 aliphatic rings. The van der Waals surface area contributed by atoms with Crippen LogP contribution in [0.15, 0.2) is 42.5 Å². The number of amides is 2. The van der Waals surface area contributed by atoms with Crippen LogP contribution in [-0.2, 0) is 6.54 Å². The van der Waals surface area contributed by atoms with Crippen molar-refractivity contribution in [2.75, 3.05) is 38.2 Å². The Hall–Kier alpha value is -2.93. The van der Waals surface area contributed by atoms with E-state index in [1.54, 1.807) is 11.0 Å². The SMILES string of the molecule is COc1ccc(C(=O)[C@H]2CCCN(Cc3ccc(N4CCNC4=O)cc3)C2)cc1F. The fourth-order valence-corrected chi connectivity index (χ4v) is 4.23. The lowest BCUT2D eigenvalue weighted by atomic mass is 9.89. The van der Waals surface area contributed by atoms with Crippen LogP contribution in [0.2, 0.25) is 0 Å². The summed E-state index contributed by atoms with van der Waals surface area (Å²) in [4.78, 5) is 28.7. The molecule has 6 nitrogen and oxygen atoms in total. The minimum absolute atomic E-state index is 0.0170. The number of hydrogen-bond acceptors (Lipinski definition) is 4. The minimum Gasteiger partial charge on any atom is -0.494 e. The first kappa shape index (κ1) is 20.3. The molecule has 2 fully saturated rings. The second kappa shape index (κ2) is 8.83. The van der Waals surface area contributed by atoms with Crippen molar-refractivity contribution in [3.63, 3.8) is 0 Å². The van der Waals surface area contributed by atoms with Gasteiger partial charge in [0.25, 0.3) is 0 Å². The number of ketones is 1. The molecule has 0 aliphatic carbocycles. The number of halogens is 1. The van der Waals surface area contributed by atoms with Crippen molar-refractivity contribution in [3.8, 4) is 5.75 Å². The van der Waals surface area contributed by atoms with Crippen molar-refractivity contribution in [1.82, 2.24) is 10.2 Å². The van der Waals surface area contributed by atoms with Crippen LogP contribution >= 0.6 is 0 Å². The molecule has 0 spiro atoms. The van der Waals surface area contributed by atoms with E-state index in [1.165, 1.54) is 19.2 Å². The van der Waals surface area contributed by atoms with Gasteiger partial charge >= 0.3 is 6.03 Å². The van der Waals surface area contributed by atoms with E-state index in [4.69, 9.17) is 4.74 Å². The van der Waals surface area contributed by atoms with Gasteiger partial charge in [-0.1, -0.05) is 12.1 Å². The summed E-state index contributed by atoms with van der Waals surface area (Å²) < 4.78 is 18.9. The molecule has 0 unspecified atom stereocenters. The molecule has 2 aromatic carbocycles. The summed E-state index contributed by atoms with van der Waals surface area (Å²) in [6, 6.07) is 12.3. The largest absolute Gasteiger partial charge is 0.494 e. The number of urea groups is 1. The molecular weight excluding hydrogens is 385 g/mol. The smallest absolute Gasteiger partial charge is 0.321 e. The van der Waals surface area contributed by atoms with Crippen LogP contribution < -0.4 is 15.0 Å². The molecule has 30 heavy (non-hydrogen) atoms. The Morgan fingerprint density at radius 3 is 2.67 bits per heavy atom. The van der Waals surface area contributed by atoms with Crippen LogP contribution in [0.1, 0.15) is 28.8 Å². The lowest BCUT2D eigenvalue weighted by Gasteiger charge is -2.32. The third kappa shape index (κ3) is 4.31. The predicted octanol–water partition coefficient (Wildman–Crippen LogP) is 3.46. The van der Waals surface area contributed by atoms with E-state index in [0.29, 0.717) is 25.2 Å². The number of nitrogens with zero attached hydrogens (tertiary/aromatic N) is 2. The highest BCUT2D eigenvalue weighted by Crippen LogP contribution is 2.25. The van der Waals surface area contributed by atoms with Crippen LogP contribution in [0.5, 0.6) is 5.75 Å². The summed E-state index contributed by atoms with van der Waals surface area (Å²) >= 11 is 0. The van der Waals surface area contributed by atoms with Crippen LogP contribution in [0.3, 0.4) is 0 Å². The van der Waals surface area contributed by atoms with Gasteiger partial charge < -0.3 is 10.1 Å². The zero-order valence-corrected chi connectivity index (χ0v) is 17.1. The van der Waals surface area contributed by atoms with E-state index in [-0.39, 0.29) is 23.5 Å². The summed E-state index contributed by atoms with van der Waals surface area (Å²) in [6.45, 7) is 3.68. The first-order valence-corrected chi connectivity index (χ1v) is 10.3. The number of carbonyl (C=O) groups is 2. The minimum atomic E-state index is -0.511. The average molecular weight is 411 g/mol. The van der Waals surface area contributed by atoms with Crippen LogP contribution in [-0.4, -0.2) is 50.0 Å². The number of ether oxygens (including phenoxy) is 1. The molecule has 2 heterocycles. The van der Waals surface area contributed by atoms with Crippen molar-refractivity contribution in [1.29, 1.82) is 0 Å². The Labute approximate surface area is 175 Å². The Bertz CT molecular complexity index is 932. The summed E-state index contributed by atoms with van der Waals surface area (Å²) in [5.74, 6) is -0.523. The van der Waals surface area contributed by atoms with Crippen molar-refractivity contribution in [2.45, 2.75) is 19.4 Å². The first-order chi connectivity index (χ1) is 14.5. The van der Waals surface area contributed by atoms with Gasteiger partial charge in [0.15, 0.2) is 17.3 Å². The monoisotopic (exact) mass is 411 g/mol. The third-order valence-corrected chi connectivity index (χ3v) is 5.82. The van der Waals surface area contributed by atoms with Gasteiger partial charge in [-0.3, -0.25) is 14.6 Å². The van der Waals surface area contributed by atoms with Crippen molar-refractivity contribution in [2.24, 2.45) is 5.92 Å². The second-order valence-corrected chi connectivity index (χ2v) is 7.84. The fourth-order valence-electron chi connectivity index (χ4n) is 4.23. The third-order valence-electron chi connectivity index (χ3n) is 5.82. The Morgan fingerprint density at radius 1 is 1.20 bits per heavy atom. The number of likely N-dealkylation sites (tertiary alicyclic amines) is 1. The molecule has 1 atom stereocenters. The molecule has 2 aliphatic heterocycles. The summed E-state index contributed by atoms with van der Waals surface area (Å²) in [5, 5.41) is 2.80. The molecule has 7 heteroatoms. The second-order valence-electron chi connectivity index (χ2n) is 7.84. The maximum Gasteiger partial charge on any atom is 0.321 e. The van der Waals surface area contributed by atoms with E-state index in [1.807, 2.05) is 24.3 Å². The molecule has 158 valence electrons. The van der Waals surface area contributed by atoms with Crippen molar-refractivity contribution in [3.05, 3.63) is 59.4 Å². The quantitative estimate of drug-likeness (QED) is 0.740. The number of methoxy groups -OCH3 is 1. The normalized spacial score (nSPS) is 19.6. The first-order valence-electron chi connectivity index (χ1n) is 10.3. The summed E-state index contributed by atoms with van der Waals surface area (Å²) in [7, 11) is 1.41. The molecule has 4 rings (SSSR count). The molecule has 0 saturated carbocycles. The average Bonchev–Trinajstić information content (AvgIpc) is 3.20. The number of nitrogens with one attached hydrogen (secondary N) is 1. The molecule has 2 aromatic rings. The molecular formula is C23H26FN3O3. The predicted molar refractivity (Wildman–Crippen MR) is 112 cm³/mol. The Morgan fingerprint density at radius 2 is 2.00 bits per heavy atom. The highest BCUT2D eigenvalue weighted by Gasteiger charge is 2.27. The standard InChI is InChI=1S/C23H26FN3O3/c1-30-21-9-6-17(13-20(21)24)22(28)18-3-2-11-26(15-18)14-16-4-7-19(8-5-16)27-12-10-25-23(27)29/h4-9,13,18H,2-3,10-12,14-15H2,1H3,(H,25,29)/t18-/m0/s1. The zero-order valence-electron chi connectivity index (χ0n) is 17.1. The lowest BCUT2D eigenvalue weighted by molar-refractivity contribution is 0.0811. The van der Waals surface area contributed by atoms with Gasteiger partial charge in [0.1, 0.15) is 0 Å². The molecule has 0 radical (unpaired) electrons. The van der Waals surface area contributed by atoms with E-state index in [9.17, 15) is 14.0 Å². The van der Waals surface area contributed by atoms with Gasteiger partial charge in [-0.05, 0) is 55.3 Å². The zero-order chi connectivity index (χ0) is 21.1. The van der Waals surface area contributed by atoms with Gasteiger partial charge in [0.05, 0.1) is 7.11 Å². The van der Waals surface area contributed by atoms with E-state index >= 15 is 0 Å². The number of anilines is 1. The van der Waals surface area contributed by atoms with E-state index in [2.05, 4.69) is 10.2 Å². The summed E-state index contributed by atoms with van der Waals surface area (Å²) in [6.07, 6.45) is 1.74. The highest BCUT2D eigenvalue weighted by molar-refractivity contribution is 5.98. The number of piperidine rings is 1. The molecule has 1 N–H and O–H groups in total. The maximum atomic E-state index is 14.0. The topological polar surface area (TPSA) is 61.9 Å². The Balaban J connectivity index is 1.38. The molecule has 0 bridgehead atoms. The van der Waals surface area contributed by atoms with E-state index < -0.39 is 5.82 Å². The Kier molecular flexibility index (Phi) is 5.99. The number of carbonyl (C=O) groups excluding carboxylic acids is 2. The molecule has 2 amide bonds. The number of rotatable bonds is 6. The number of benzene rings is 2. The van der Waals surface area contributed by atoms with Crippen LogP contribution in [0, 0.1) is 11.7 Å². The molecule has 2 saturated heterocycles. The fraction of sp³-hybridized carbons (Fsp3) is 0.391. The van der Waals surface area contributed by atoms with Gasteiger partial charge in [0.2, 0.25) is 0 Å². The van der Waals surface area contributed by atoms with Crippen LogP contribution in [0.25, 0.3) is 0 Å². The van der Waals surface area contributed by atoms with E-state index in [0.717, 1.165) is 37.2 Å². The van der Waals surface area contributed by atoms with Crippen molar-refractivity contribution >= 4 is 17.5 Å². The summed E-state index contributed by atoms with van der Waals surface area (Å²) in [5.41, 5.74) is 2.43. The van der Waals surface area contributed by atoms with Gasteiger partial charge in [-0.15, -0.1) is 0 Å². The lowest BCUT2D eigenvalue weighted by Crippen LogP contribution is -2.38. The van der Waals surface area contributed by atoms with Crippen molar-refractivity contribution < 1.29 is 18.7 Å².